The number of nitrogens with zero attached hydrogens (tertiary/aromatic N) is 1. The normalized spacial score (nSPS) is 10.5. The molecule has 0 aliphatic heterocycles. The van der Waals surface area contributed by atoms with Crippen molar-refractivity contribution < 1.29 is 9.13 Å². The fraction of sp³-hybridized carbons (Fsp3) is 0.214. The Bertz CT molecular complexity index is 546. The quantitative estimate of drug-likeness (QED) is 0.916. The summed E-state index contributed by atoms with van der Waals surface area (Å²) >= 11 is 3.10. The minimum Gasteiger partial charge on any atom is -0.487 e. The predicted octanol–water partition coefficient (Wildman–Crippen LogP) is 3.28. The average Bonchev–Trinajstić information content (AvgIpc) is 2.42. The van der Waals surface area contributed by atoms with Gasteiger partial charge in [-0.2, -0.15) is 0 Å². The highest BCUT2D eigenvalue weighted by Gasteiger charge is 2.02. The summed E-state index contributed by atoms with van der Waals surface area (Å²) in [5.74, 6) is 0.150. The van der Waals surface area contributed by atoms with E-state index in [2.05, 4.69) is 26.2 Å². The van der Waals surface area contributed by atoms with Crippen LogP contribution in [0.15, 0.2) is 41.0 Å². The summed E-state index contributed by atoms with van der Waals surface area (Å²) in [5, 5.41) is 3.06. The number of hydrogen-bond donors (Lipinski definition) is 1. The van der Waals surface area contributed by atoms with E-state index < -0.39 is 0 Å². The lowest BCUT2D eigenvalue weighted by atomic mass is 10.2. The first-order valence-corrected chi connectivity index (χ1v) is 6.64. The molecule has 0 saturated carbocycles. The van der Waals surface area contributed by atoms with E-state index in [0.29, 0.717) is 16.8 Å². The average molecular weight is 325 g/mol. The summed E-state index contributed by atoms with van der Waals surface area (Å²) in [6, 6.07) is 8.57. The third kappa shape index (κ3) is 4.01. The van der Waals surface area contributed by atoms with Gasteiger partial charge in [0.25, 0.3) is 0 Å². The van der Waals surface area contributed by atoms with E-state index in [1.807, 2.05) is 19.2 Å². The lowest BCUT2D eigenvalue weighted by molar-refractivity contribution is 0.299. The van der Waals surface area contributed by atoms with Crippen molar-refractivity contribution in [3.63, 3.8) is 0 Å². The minimum absolute atomic E-state index is 0.320. The van der Waals surface area contributed by atoms with Gasteiger partial charge in [0.05, 0.1) is 10.2 Å². The van der Waals surface area contributed by atoms with Crippen molar-refractivity contribution in [1.82, 2.24) is 10.3 Å². The second kappa shape index (κ2) is 6.63. The summed E-state index contributed by atoms with van der Waals surface area (Å²) in [6.45, 7) is 1.10. The Balaban J connectivity index is 1.96. The van der Waals surface area contributed by atoms with Crippen LogP contribution in [-0.2, 0) is 13.2 Å². The zero-order valence-corrected chi connectivity index (χ0v) is 12.1. The van der Waals surface area contributed by atoms with Gasteiger partial charge in [0.15, 0.2) is 0 Å². The molecule has 0 aliphatic rings. The molecule has 0 unspecified atom stereocenters. The molecule has 5 heteroatoms. The Morgan fingerprint density at radius 2 is 2.16 bits per heavy atom. The lowest BCUT2D eigenvalue weighted by Gasteiger charge is -2.07. The number of rotatable bonds is 5. The van der Waals surface area contributed by atoms with Crippen molar-refractivity contribution >= 4 is 15.9 Å². The molecule has 0 spiro atoms. The first kappa shape index (κ1) is 14.0. The molecule has 0 saturated heterocycles. The molecule has 1 aromatic heterocycles. The summed E-state index contributed by atoms with van der Waals surface area (Å²) in [6.07, 6.45) is 1.80. The Hall–Kier alpha value is -1.46. The molecule has 19 heavy (non-hydrogen) atoms. The number of ether oxygens (including phenoxy) is 1. The second-order valence-corrected chi connectivity index (χ2v) is 4.91. The van der Waals surface area contributed by atoms with Gasteiger partial charge in [-0.15, -0.1) is 0 Å². The van der Waals surface area contributed by atoms with Crippen molar-refractivity contribution in [1.29, 1.82) is 0 Å². The zero-order chi connectivity index (χ0) is 13.7. The lowest BCUT2D eigenvalue weighted by Crippen LogP contribution is -2.06. The molecule has 1 N–H and O–H groups in total. The summed E-state index contributed by atoms with van der Waals surface area (Å²) in [5.41, 5.74) is 1.92. The molecule has 2 rings (SSSR count). The third-order valence-electron chi connectivity index (χ3n) is 2.54. The van der Waals surface area contributed by atoms with Gasteiger partial charge in [0.1, 0.15) is 18.2 Å². The highest BCUT2D eigenvalue weighted by molar-refractivity contribution is 9.10. The van der Waals surface area contributed by atoms with Crippen LogP contribution in [0.3, 0.4) is 0 Å². The van der Waals surface area contributed by atoms with Crippen LogP contribution in [0, 0.1) is 5.82 Å². The van der Waals surface area contributed by atoms with E-state index in [0.717, 1.165) is 17.8 Å². The highest BCUT2D eigenvalue weighted by Crippen LogP contribution is 2.21. The summed E-state index contributed by atoms with van der Waals surface area (Å²) in [7, 11) is 1.89. The highest BCUT2D eigenvalue weighted by atomic mass is 79.9. The molecule has 0 amide bonds. The van der Waals surface area contributed by atoms with Crippen LogP contribution in [0.5, 0.6) is 5.75 Å². The minimum atomic E-state index is -0.338. The van der Waals surface area contributed by atoms with Crippen molar-refractivity contribution in [3.05, 3.63) is 58.1 Å². The molecule has 100 valence electrons. The van der Waals surface area contributed by atoms with Crippen LogP contribution in [0.1, 0.15) is 11.3 Å². The fourth-order valence-electron chi connectivity index (χ4n) is 1.57. The van der Waals surface area contributed by atoms with Gasteiger partial charge in [-0.25, -0.2) is 4.39 Å². The van der Waals surface area contributed by atoms with Crippen molar-refractivity contribution in [2.24, 2.45) is 0 Å². The molecule has 2 aromatic rings. The number of aromatic nitrogens is 1. The van der Waals surface area contributed by atoms with Crippen molar-refractivity contribution in [2.75, 3.05) is 7.05 Å². The van der Waals surface area contributed by atoms with Crippen LogP contribution >= 0.6 is 15.9 Å². The standard InChI is InChI=1S/C14H14BrFN2O/c1-17-7-10-2-3-11(18-8-10)9-19-12-4-5-13(15)14(16)6-12/h2-6,8,17H,7,9H2,1H3. The number of halogens is 2. The Morgan fingerprint density at radius 1 is 1.32 bits per heavy atom. The first-order valence-electron chi connectivity index (χ1n) is 5.85. The van der Waals surface area contributed by atoms with Gasteiger partial charge in [0.2, 0.25) is 0 Å². The third-order valence-corrected chi connectivity index (χ3v) is 3.19. The Labute approximate surface area is 119 Å². The maximum atomic E-state index is 13.3. The summed E-state index contributed by atoms with van der Waals surface area (Å²) in [4.78, 5) is 4.28. The fourth-order valence-corrected chi connectivity index (χ4v) is 1.82. The smallest absolute Gasteiger partial charge is 0.141 e. The van der Waals surface area contributed by atoms with Gasteiger partial charge in [-0.3, -0.25) is 4.98 Å². The maximum absolute atomic E-state index is 13.3. The molecule has 0 atom stereocenters. The maximum Gasteiger partial charge on any atom is 0.141 e. The van der Waals surface area contributed by atoms with E-state index in [4.69, 9.17) is 4.74 Å². The van der Waals surface area contributed by atoms with Gasteiger partial charge in [-0.05, 0) is 46.7 Å². The van der Waals surface area contributed by atoms with Crippen LogP contribution in [0.25, 0.3) is 0 Å². The monoisotopic (exact) mass is 324 g/mol. The molecular weight excluding hydrogens is 311 g/mol. The molecule has 0 radical (unpaired) electrons. The molecule has 0 aliphatic carbocycles. The topological polar surface area (TPSA) is 34.1 Å². The van der Waals surface area contributed by atoms with Crippen LogP contribution < -0.4 is 10.1 Å². The number of pyridine rings is 1. The van der Waals surface area contributed by atoms with E-state index in [-0.39, 0.29) is 5.82 Å². The molecule has 1 heterocycles. The number of nitrogens with one attached hydrogen (secondary N) is 1. The number of hydrogen-bond acceptors (Lipinski definition) is 3. The largest absolute Gasteiger partial charge is 0.487 e. The predicted molar refractivity (Wildman–Crippen MR) is 75.4 cm³/mol. The second-order valence-electron chi connectivity index (χ2n) is 4.05. The molecule has 3 nitrogen and oxygen atoms in total. The first-order chi connectivity index (χ1) is 9.19. The van der Waals surface area contributed by atoms with Gasteiger partial charge in [-0.1, -0.05) is 6.07 Å². The molecular formula is C14H14BrFN2O. The summed E-state index contributed by atoms with van der Waals surface area (Å²) < 4.78 is 19.2. The van der Waals surface area contributed by atoms with Gasteiger partial charge >= 0.3 is 0 Å². The van der Waals surface area contributed by atoms with Crippen LogP contribution in [0.2, 0.25) is 0 Å². The van der Waals surface area contributed by atoms with Crippen LogP contribution in [0.4, 0.5) is 4.39 Å². The van der Waals surface area contributed by atoms with Gasteiger partial charge < -0.3 is 10.1 Å². The molecule has 0 bridgehead atoms. The Morgan fingerprint density at radius 3 is 2.79 bits per heavy atom. The van der Waals surface area contributed by atoms with Crippen molar-refractivity contribution in [2.45, 2.75) is 13.2 Å². The molecule has 1 aromatic carbocycles. The number of benzene rings is 1. The van der Waals surface area contributed by atoms with Gasteiger partial charge in [0, 0.05) is 18.8 Å². The molecule has 0 fully saturated rings. The van der Waals surface area contributed by atoms with E-state index >= 15 is 0 Å². The van der Waals surface area contributed by atoms with E-state index in [1.165, 1.54) is 6.07 Å². The zero-order valence-electron chi connectivity index (χ0n) is 10.5. The van der Waals surface area contributed by atoms with E-state index in [9.17, 15) is 4.39 Å². The van der Waals surface area contributed by atoms with Crippen LogP contribution in [-0.4, -0.2) is 12.0 Å². The SMILES string of the molecule is CNCc1ccc(COc2ccc(Br)c(F)c2)nc1. The van der Waals surface area contributed by atoms with Crippen molar-refractivity contribution in [3.8, 4) is 5.75 Å². The Kier molecular flexibility index (Phi) is 4.87. The van der Waals surface area contributed by atoms with E-state index in [1.54, 1.807) is 18.3 Å².